The minimum atomic E-state index is 0.00715. The molecule has 2 aromatic rings. The first-order valence-corrected chi connectivity index (χ1v) is 6.91. The number of rotatable bonds is 4. The molecule has 0 aliphatic heterocycles. The van der Waals surface area contributed by atoms with E-state index in [9.17, 15) is 4.79 Å². The Hall–Kier alpha value is -2.12. The average molecular weight is 329 g/mol. The number of para-hydroxylation sites is 1. The lowest BCUT2D eigenvalue weighted by Gasteiger charge is -2.19. The van der Waals surface area contributed by atoms with E-state index in [1.54, 1.807) is 17.0 Å². The van der Waals surface area contributed by atoms with Crippen LogP contribution in [-0.4, -0.2) is 19.4 Å². The molecule has 0 unspecified atom stereocenters. The molecule has 0 aliphatic rings. The summed E-state index contributed by atoms with van der Waals surface area (Å²) in [5.41, 5.74) is 1.97. The van der Waals surface area contributed by atoms with Crippen LogP contribution in [0, 0.1) is 11.3 Å². The molecule has 0 aromatic heterocycles. The van der Waals surface area contributed by atoms with Gasteiger partial charge in [-0.15, -0.1) is 0 Å². The van der Waals surface area contributed by atoms with Crippen molar-refractivity contribution in [2.24, 2.45) is 0 Å². The zero-order valence-corrected chi connectivity index (χ0v) is 12.6. The van der Waals surface area contributed by atoms with Gasteiger partial charge >= 0.3 is 0 Å². The van der Waals surface area contributed by atoms with E-state index in [1.807, 2.05) is 43.4 Å². The van der Waals surface area contributed by atoms with Crippen molar-refractivity contribution in [3.63, 3.8) is 0 Å². The van der Waals surface area contributed by atoms with E-state index < -0.39 is 0 Å². The highest BCUT2D eigenvalue weighted by Gasteiger charge is 2.14. The molecule has 0 fully saturated rings. The standard InChI is InChI=1S/C16H13BrN2O/c1-19(15-9-5-2-6-12(15)10-18)11-16(20)13-7-3-4-8-14(13)17/h2-9H,11H2,1H3. The molecule has 0 amide bonds. The zero-order chi connectivity index (χ0) is 14.5. The number of carbonyl (C=O) groups excluding carboxylic acids is 1. The van der Waals surface area contributed by atoms with E-state index in [2.05, 4.69) is 22.0 Å². The third-order valence-corrected chi connectivity index (χ3v) is 3.68. The number of hydrogen-bond donors (Lipinski definition) is 0. The maximum absolute atomic E-state index is 12.3. The van der Waals surface area contributed by atoms with Gasteiger partial charge in [0.15, 0.2) is 5.78 Å². The summed E-state index contributed by atoms with van der Waals surface area (Å²) < 4.78 is 0.784. The molecule has 0 aliphatic carbocycles. The third-order valence-electron chi connectivity index (χ3n) is 2.99. The van der Waals surface area contributed by atoms with Crippen LogP contribution in [0.25, 0.3) is 0 Å². The Bertz CT molecular complexity index is 676. The summed E-state index contributed by atoms with van der Waals surface area (Å²) in [7, 11) is 1.81. The monoisotopic (exact) mass is 328 g/mol. The van der Waals surface area contributed by atoms with Crippen molar-refractivity contribution >= 4 is 27.4 Å². The van der Waals surface area contributed by atoms with Gasteiger partial charge in [-0.25, -0.2) is 0 Å². The molecule has 3 nitrogen and oxygen atoms in total. The minimum absolute atomic E-state index is 0.00715. The topological polar surface area (TPSA) is 44.1 Å². The van der Waals surface area contributed by atoms with Crippen molar-refractivity contribution in [3.8, 4) is 6.07 Å². The normalized spacial score (nSPS) is 9.85. The van der Waals surface area contributed by atoms with Gasteiger partial charge in [0.05, 0.1) is 17.8 Å². The Balaban J connectivity index is 2.20. The number of carbonyl (C=O) groups is 1. The molecule has 0 heterocycles. The van der Waals surface area contributed by atoms with E-state index in [4.69, 9.17) is 5.26 Å². The first-order valence-electron chi connectivity index (χ1n) is 6.11. The molecule has 0 atom stereocenters. The second-order valence-corrected chi connectivity index (χ2v) is 5.24. The van der Waals surface area contributed by atoms with Gasteiger partial charge in [0.2, 0.25) is 0 Å². The minimum Gasteiger partial charge on any atom is -0.366 e. The Morgan fingerprint density at radius 2 is 1.85 bits per heavy atom. The van der Waals surface area contributed by atoms with Gasteiger partial charge in [-0.1, -0.05) is 46.3 Å². The summed E-state index contributed by atoms with van der Waals surface area (Å²) in [6, 6.07) is 16.7. The van der Waals surface area contributed by atoms with Crippen LogP contribution in [0.4, 0.5) is 5.69 Å². The van der Waals surface area contributed by atoms with Gasteiger partial charge in [-0.2, -0.15) is 5.26 Å². The fourth-order valence-electron chi connectivity index (χ4n) is 1.97. The van der Waals surface area contributed by atoms with Gasteiger partial charge in [0.25, 0.3) is 0 Å². The van der Waals surface area contributed by atoms with Crippen LogP contribution in [0.2, 0.25) is 0 Å². The fourth-order valence-corrected chi connectivity index (χ4v) is 2.48. The first kappa shape index (κ1) is 14.3. The van der Waals surface area contributed by atoms with Crippen molar-refractivity contribution in [1.29, 1.82) is 5.26 Å². The average Bonchev–Trinajstić information content (AvgIpc) is 2.47. The van der Waals surface area contributed by atoms with E-state index in [0.717, 1.165) is 10.2 Å². The molecule has 0 N–H and O–H groups in total. The highest BCUT2D eigenvalue weighted by Crippen LogP contribution is 2.20. The first-order chi connectivity index (χ1) is 9.63. The fraction of sp³-hybridized carbons (Fsp3) is 0.125. The molecule has 0 saturated carbocycles. The largest absolute Gasteiger partial charge is 0.366 e. The van der Waals surface area contributed by atoms with Crippen LogP contribution in [-0.2, 0) is 0 Å². The lowest BCUT2D eigenvalue weighted by atomic mass is 10.1. The summed E-state index contributed by atoms with van der Waals surface area (Å²) in [4.78, 5) is 14.1. The van der Waals surface area contributed by atoms with Crippen LogP contribution < -0.4 is 4.90 Å². The Morgan fingerprint density at radius 3 is 2.55 bits per heavy atom. The second kappa shape index (κ2) is 6.36. The zero-order valence-electron chi connectivity index (χ0n) is 11.0. The van der Waals surface area contributed by atoms with Crippen molar-refractivity contribution in [3.05, 3.63) is 64.1 Å². The number of likely N-dealkylation sites (N-methyl/N-ethyl adjacent to an activating group) is 1. The summed E-state index contributed by atoms with van der Waals surface area (Å²) in [5.74, 6) is 0.00715. The maximum atomic E-state index is 12.3. The maximum Gasteiger partial charge on any atom is 0.183 e. The number of nitriles is 1. The lowest BCUT2D eigenvalue weighted by Crippen LogP contribution is -2.26. The number of hydrogen-bond acceptors (Lipinski definition) is 3. The number of ketones is 1. The predicted octanol–water partition coefficient (Wildman–Crippen LogP) is 3.64. The van der Waals surface area contributed by atoms with E-state index >= 15 is 0 Å². The van der Waals surface area contributed by atoms with Gasteiger partial charge in [0, 0.05) is 17.1 Å². The van der Waals surface area contributed by atoms with Crippen molar-refractivity contribution in [1.82, 2.24) is 0 Å². The molecule has 0 saturated heterocycles. The molecular weight excluding hydrogens is 316 g/mol. The summed E-state index contributed by atoms with van der Waals surface area (Å²) in [6.07, 6.45) is 0. The Kier molecular flexibility index (Phi) is 4.54. The highest BCUT2D eigenvalue weighted by atomic mass is 79.9. The molecule has 0 spiro atoms. The SMILES string of the molecule is CN(CC(=O)c1ccccc1Br)c1ccccc1C#N. The molecular formula is C16H13BrN2O. The summed E-state index contributed by atoms with van der Waals surface area (Å²) >= 11 is 3.38. The summed E-state index contributed by atoms with van der Waals surface area (Å²) in [6.45, 7) is 0.224. The van der Waals surface area contributed by atoms with Gasteiger partial charge in [0.1, 0.15) is 6.07 Å². The van der Waals surface area contributed by atoms with E-state index in [-0.39, 0.29) is 12.3 Å². The van der Waals surface area contributed by atoms with Gasteiger partial charge < -0.3 is 4.90 Å². The number of nitrogens with zero attached hydrogens (tertiary/aromatic N) is 2. The number of Topliss-reactive ketones (excluding diaryl/α,β-unsaturated/α-hetero) is 1. The second-order valence-electron chi connectivity index (χ2n) is 4.39. The summed E-state index contributed by atoms with van der Waals surface area (Å²) in [5, 5.41) is 9.09. The van der Waals surface area contributed by atoms with Crippen LogP contribution in [0.3, 0.4) is 0 Å². The third kappa shape index (κ3) is 3.06. The smallest absolute Gasteiger partial charge is 0.183 e. The molecule has 0 bridgehead atoms. The Labute approximate surface area is 126 Å². The number of anilines is 1. The molecule has 2 aromatic carbocycles. The molecule has 4 heteroatoms. The van der Waals surface area contributed by atoms with Gasteiger partial charge in [-0.3, -0.25) is 4.79 Å². The molecule has 2 rings (SSSR count). The number of benzene rings is 2. The number of halogens is 1. The predicted molar refractivity (Wildman–Crippen MR) is 82.9 cm³/mol. The van der Waals surface area contributed by atoms with E-state index in [0.29, 0.717) is 11.1 Å². The Morgan fingerprint density at radius 1 is 1.20 bits per heavy atom. The molecule has 100 valence electrons. The molecule has 0 radical (unpaired) electrons. The van der Waals surface area contributed by atoms with Crippen molar-refractivity contribution in [2.45, 2.75) is 0 Å². The van der Waals surface area contributed by atoms with Gasteiger partial charge in [-0.05, 0) is 18.2 Å². The highest BCUT2D eigenvalue weighted by molar-refractivity contribution is 9.10. The molecule has 20 heavy (non-hydrogen) atoms. The lowest BCUT2D eigenvalue weighted by molar-refractivity contribution is 0.0999. The quantitative estimate of drug-likeness (QED) is 0.805. The van der Waals surface area contributed by atoms with Crippen LogP contribution in [0.1, 0.15) is 15.9 Å². The van der Waals surface area contributed by atoms with Crippen LogP contribution in [0.5, 0.6) is 0 Å². The van der Waals surface area contributed by atoms with Crippen LogP contribution >= 0.6 is 15.9 Å². The van der Waals surface area contributed by atoms with Crippen LogP contribution in [0.15, 0.2) is 53.0 Å². The van der Waals surface area contributed by atoms with Crippen molar-refractivity contribution < 1.29 is 4.79 Å². The van der Waals surface area contributed by atoms with E-state index in [1.165, 1.54) is 0 Å². The van der Waals surface area contributed by atoms with Crippen molar-refractivity contribution in [2.75, 3.05) is 18.5 Å².